The van der Waals surface area contributed by atoms with Crippen LogP contribution in [-0.4, -0.2) is 35.9 Å². The Balaban J connectivity index is 2.91. The Bertz CT molecular complexity index is 606. The molecule has 0 aliphatic carbocycles. The number of halogens is 1. The van der Waals surface area contributed by atoms with Crippen LogP contribution in [0.3, 0.4) is 0 Å². The molecule has 9 heteroatoms. The van der Waals surface area contributed by atoms with E-state index >= 15 is 0 Å². The average molecular weight is 343 g/mol. The van der Waals surface area contributed by atoms with Crippen molar-refractivity contribution in [2.75, 3.05) is 13.1 Å². The minimum atomic E-state index is -0.764. The summed E-state index contributed by atoms with van der Waals surface area (Å²) in [6.07, 6.45) is 0. The number of rotatable bonds is 7. The molecular formula is C14H19ClN4O4. The maximum absolute atomic E-state index is 12.3. The highest BCUT2D eigenvalue weighted by atomic mass is 35.5. The molecule has 0 aromatic heterocycles. The number of nitro benzene ring substituents is 1. The molecular weight excluding hydrogens is 324 g/mol. The quantitative estimate of drug-likeness (QED) is 0.504. The molecule has 1 aromatic carbocycles. The third-order valence-corrected chi connectivity index (χ3v) is 3.40. The number of benzene rings is 1. The van der Waals surface area contributed by atoms with Crippen LogP contribution in [0, 0.1) is 16.0 Å². The summed E-state index contributed by atoms with van der Waals surface area (Å²) in [5.74, 6) is -1.09. The number of hydrogen-bond donors (Lipinski definition) is 3. The number of nitro groups is 1. The molecule has 0 radical (unpaired) electrons. The lowest BCUT2D eigenvalue weighted by molar-refractivity contribution is -0.384. The molecule has 1 aromatic rings. The van der Waals surface area contributed by atoms with Crippen molar-refractivity contribution in [3.63, 3.8) is 0 Å². The number of nitrogens with one attached hydrogen (secondary N) is 2. The van der Waals surface area contributed by atoms with Crippen LogP contribution in [0.25, 0.3) is 0 Å². The SMILES string of the molecule is CC(C)C(NC(=O)c1ccc([N+](=O)[O-])cc1Cl)C(=O)NCCN. The lowest BCUT2D eigenvalue weighted by Crippen LogP contribution is -2.50. The molecule has 1 rings (SSSR count). The van der Waals surface area contributed by atoms with Crippen molar-refractivity contribution in [3.05, 3.63) is 38.9 Å². The fraction of sp³-hybridized carbons (Fsp3) is 0.429. The molecule has 0 saturated carbocycles. The van der Waals surface area contributed by atoms with Crippen molar-refractivity contribution in [2.45, 2.75) is 19.9 Å². The van der Waals surface area contributed by atoms with E-state index in [9.17, 15) is 19.7 Å². The topological polar surface area (TPSA) is 127 Å². The number of nitrogens with two attached hydrogens (primary N) is 1. The predicted molar refractivity (Wildman–Crippen MR) is 86.3 cm³/mol. The number of carbonyl (C=O) groups is 2. The van der Waals surface area contributed by atoms with Crippen LogP contribution in [0.15, 0.2) is 18.2 Å². The summed E-state index contributed by atoms with van der Waals surface area (Å²) in [5.41, 5.74) is 5.18. The Kier molecular flexibility index (Phi) is 6.92. The summed E-state index contributed by atoms with van der Waals surface area (Å²) in [5, 5.41) is 15.8. The molecule has 23 heavy (non-hydrogen) atoms. The van der Waals surface area contributed by atoms with Crippen molar-refractivity contribution in [1.82, 2.24) is 10.6 Å². The van der Waals surface area contributed by atoms with E-state index < -0.39 is 16.9 Å². The fourth-order valence-electron chi connectivity index (χ4n) is 1.86. The van der Waals surface area contributed by atoms with Crippen molar-refractivity contribution in [1.29, 1.82) is 0 Å². The van der Waals surface area contributed by atoms with Crippen LogP contribution in [0.4, 0.5) is 5.69 Å². The highest BCUT2D eigenvalue weighted by Crippen LogP contribution is 2.22. The molecule has 126 valence electrons. The number of non-ortho nitro benzene ring substituents is 1. The molecule has 0 aliphatic rings. The highest BCUT2D eigenvalue weighted by Gasteiger charge is 2.25. The van der Waals surface area contributed by atoms with Gasteiger partial charge in [0.15, 0.2) is 0 Å². The molecule has 0 fully saturated rings. The largest absolute Gasteiger partial charge is 0.353 e. The molecule has 0 aliphatic heterocycles. The standard InChI is InChI=1S/C14H19ClN4O4/c1-8(2)12(14(21)17-6-5-16)18-13(20)10-4-3-9(19(22)23)7-11(10)15/h3-4,7-8,12H,5-6,16H2,1-2H3,(H,17,21)(H,18,20). The van der Waals surface area contributed by atoms with Gasteiger partial charge in [-0.15, -0.1) is 0 Å². The first-order valence-electron chi connectivity index (χ1n) is 7.00. The summed E-state index contributed by atoms with van der Waals surface area (Å²) >= 11 is 5.91. The molecule has 1 atom stereocenters. The van der Waals surface area contributed by atoms with Crippen LogP contribution in [0.1, 0.15) is 24.2 Å². The third kappa shape index (κ3) is 5.19. The van der Waals surface area contributed by atoms with Gasteiger partial charge in [-0.2, -0.15) is 0 Å². The fourth-order valence-corrected chi connectivity index (χ4v) is 2.12. The van der Waals surface area contributed by atoms with E-state index in [1.165, 1.54) is 12.1 Å². The number of amides is 2. The van der Waals surface area contributed by atoms with Gasteiger partial charge in [-0.05, 0) is 12.0 Å². The van der Waals surface area contributed by atoms with Crippen LogP contribution in [0.2, 0.25) is 5.02 Å². The first-order chi connectivity index (χ1) is 10.8. The van der Waals surface area contributed by atoms with Gasteiger partial charge < -0.3 is 16.4 Å². The molecule has 8 nitrogen and oxygen atoms in total. The van der Waals surface area contributed by atoms with E-state index in [0.717, 1.165) is 6.07 Å². The zero-order valence-electron chi connectivity index (χ0n) is 12.8. The molecule has 0 heterocycles. The van der Waals surface area contributed by atoms with Gasteiger partial charge in [0.25, 0.3) is 11.6 Å². The Morgan fingerprint density at radius 2 is 2.04 bits per heavy atom. The zero-order chi connectivity index (χ0) is 17.6. The minimum absolute atomic E-state index is 0.0541. The van der Waals surface area contributed by atoms with Gasteiger partial charge in [0.05, 0.1) is 15.5 Å². The predicted octanol–water partition coefficient (Wildman–Crippen LogP) is 1.08. The molecule has 0 bridgehead atoms. The van der Waals surface area contributed by atoms with Crippen molar-refractivity contribution < 1.29 is 14.5 Å². The molecule has 0 spiro atoms. The maximum Gasteiger partial charge on any atom is 0.270 e. The second-order valence-electron chi connectivity index (χ2n) is 5.20. The third-order valence-electron chi connectivity index (χ3n) is 3.09. The summed E-state index contributed by atoms with van der Waals surface area (Å²) in [4.78, 5) is 34.4. The minimum Gasteiger partial charge on any atom is -0.353 e. The van der Waals surface area contributed by atoms with Crippen molar-refractivity contribution in [3.8, 4) is 0 Å². The monoisotopic (exact) mass is 342 g/mol. The van der Waals surface area contributed by atoms with Crippen molar-refractivity contribution in [2.24, 2.45) is 11.7 Å². The summed E-state index contributed by atoms with van der Waals surface area (Å²) < 4.78 is 0. The Labute approximate surface area is 138 Å². The smallest absolute Gasteiger partial charge is 0.270 e. The summed E-state index contributed by atoms with van der Waals surface area (Å²) in [6.45, 7) is 4.16. The lowest BCUT2D eigenvalue weighted by Gasteiger charge is -2.21. The highest BCUT2D eigenvalue weighted by molar-refractivity contribution is 6.34. The number of hydrogen-bond acceptors (Lipinski definition) is 5. The van der Waals surface area contributed by atoms with Gasteiger partial charge in [0.2, 0.25) is 5.91 Å². The van der Waals surface area contributed by atoms with E-state index in [4.69, 9.17) is 17.3 Å². The Hall–Kier alpha value is -2.19. The van der Waals surface area contributed by atoms with Gasteiger partial charge >= 0.3 is 0 Å². The normalized spacial score (nSPS) is 11.9. The second-order valence-corrected chi connectivity index (χ2v) is 5.60. The van der Waals surface area contributed by atoms with Gasteiger partial charge in [0, 0.05) is 25.2 Å². The van der Waals surface area contributed by atoms with E-state index in [-0.39, 0.29) is 28.1 Å². The van der Waals surface area contributed by atoms with Crippen LogP contribution in [-0.2, 0) is 4.79 Å². The zero-order valence-corrected chi connectivity index (χ0v) is 13.6. The number of nitrogens with zero attached hydrogens (tertiary/aromatic N) is 1. The average Bonchev–Trinajstić information content (AvgIpc) is 2.49. The summed E-state index contributed by atoms with van der Waals surface area (Å²) in [6, 6.07) is 2.76. The van der Waals surface area contributed by atoms with Crippen molar-refractivity contribution >= 4 is 29.1 Å². The van der Waals surface area contributed by atoms with E-state index in [2.05, 4.69) is 10.6 Å². The van der Waals surface area contributed by atoms with E-state index in [1.807, 2.05) is 0 Å². The van der Waals surface area contributed by atoms with Gasteiger partial charge in [-0.1, -0.05) is 25.4 Å². The lowest BCUT2D eigenvalue weighted by atomic mass is 10.0. The van der Waals surface area contributed by atoms with Crippen LogP contribution < -0.4 is 16.4 Å². The van der Waals surface area contributed by atoms with Gasteiger partial charge in [-0.25, -0.2) is 0 Å². The maximum atomic E-state index is 12.3. The van der Waals surface area contributed by atoms with E-state index in [0.29, 0.717) is 13.1 Å². The van der Waals surface area contributed by atoms with Crippen LogP contribution in [0.5, 0.6) is 0 Å². The Morgan fingerprint density at radius 3 is 2.52 bits per heavy atom. The first kappa shape index (κ1) is 18.9. The number of carbonyl (C=O) groups excluding carboxylic acids is 2. The molecule has 4 N–H and O–H groups in total. The molecule has 2 amide bonds. The molecule has 0 saturated heterocycles. The summed E-state index contributed by atoms with van der Waals surface area (Å²) in [7, 11) is 0. The van der Waals surface area contributed by atoms with Gasteiger partial charge in [0.1, 0.15) is 6.04 Å². The first-order valence-corrected chi connectivity index (χ1v) is 7.38. The molecule has 1 unspecified atom stereocenters. The second kappa shape index (κ2) is 8.44. The van der Waals surface area contributed by atoms with E-state index in [1.54, 1.807) is 13.8 Å². The van der Waals surface area contributed by atoms with Gasteiger partial charge in [-0.3, -0.25) is 19.7 Å². The Morgan fingerprint density at radius 1 is 1.39 bits per heavy atom. The van der Waals surface area contributed by atoms with Crippen LogP contribution >= 0.6 is 11.6 Å².